The van der Waals surface area contributed by atoms with E-state index in [1.807, 2.05) is 11.8 Å². The zero-order chi connectivity index (χ0) is 22.2. The minimum absolute atomic E-state index is 0.00626. The predicted molar refractivity (Wildman–Crippen MR) is 112 cm³/mol. The third-order valence-electron chi connectivity index (χ3n) is 5.24. The molecule has 1 aliphatic rings. The van der Waals surface area contributed by atoms with Gasteiger partial charge in [-0.25, -0.2) is 25.6 Å². The highest BCUT2D eigenvalue weighted by molar-refractivity contribution is 7.90. The van der Waals surface area contributed by atoms with E-state index in [0.717, 1.165) is 35.4 Å². The summed E-state index contributed by atoms with van der Waals surface area (Å²) in [6.07, 6.45) is -2.04. The van der Waals surface area contributed by atoms with E-state index in [1.54, 1.807) is 6.07 Å². The molecule has 2 heterocycles. The number of aromatic nitrogens is 1. The molecule has 1 fully saturated rings. The largest absolute Gasteiger partial charge is 0.492 e. The van der Waals surface area contributed by atoms with Crippen molar-refractivity contribution in [1.29, 1.82) is 0 Å². The van der Waals surface area contributed by atoms with Gasteiger partial charge in [0.2, 0.25) is 0 Å². The van der Waals surface area contributed by atoms with Gasteiger partial charge in [0.05, 0.1) is 22.7 Å². The molecule has 10 heteroatoms. The monoisotopic (exact) mass is 453 g/mol. The summed E-state index contributed by atoms with van der Waals surface area (Å²) >= 11 is 0. The van der Waals surface area contributed by atoms with Gasteiger partial charge in [-0.2, -0.15) is 0 Å². The molecule has 0 spiro atoms. The number of benzene rings is 2. The van der Waals surface area contributed by atoms with Crippen LogP contribution in [0.25, 0.3) is 10.9 Å². The van der Waals surface area contributed by atoms with Gasteiger partial charge < -0.3 is 15.0 Å². The summed E-state index contributed by atoms with van der Waals surface area (Å²) in [6, 6.07) is 7.57. The summed E-state index contributed by atoms with van der Waals surface area (Å²) in [6.45, 7) is 5.04. The van der Waals surface area contributed by atoms with Gasteiger partial charge in [0.15, 0.2) is 0 Å². The minimum Gasteiger partial charge on any atom is -0.492 e. The van der Waals surface area contributed by atoms with Crippen molar-refractivity contribution in [1.82, 2.24) is 9.29 Å². The Kier molecular flexibility index (Phi) is 5.85. The molecular formula is C21H22F3N3O3S. The van der Waals surface area contributed by atoms with Gasteiger partial charge >= 0.3 is 0 Å². The van der Waals surface area contributed by atoms with Gasteiger partial charge in [0, 0.05) is 43.3 Å². The molecule has 1 N–H and O–H groups in total. The maximum Gasteiger partial charge on any atom is 0.268 e. The molecule has 0 atom stereocenters. The first kappa shape index (κ1) is 21.5. The SMILES string of the molecule is CCOc1ccc(S(=O)(=O)n2cc(C(F)F)c3ccc(F)cc32)cc1N1CCNCC1. The Balaban J connectivity index is 1.87. The molecule has 0 radical (unpaired) electrons. The van der Waals surface area contributed by atoms with Crippen molar-refractivity contribution in [2.24, 2.45) is 0 Å². The normalized spacial score (nSPS) is 15.1. The van der Waals surface area contributed by atoms with Crippen LogP contribution in [0.3, 0.4) is 0 Å². The fourth-order valence-corrected chi connectivity index (χ4v) is 5.16. The number of anilines is 1. The van der Waals surface area contributed by atoms with Gasteiger partial charge in [-0.15, -0.1) is 0 Å². The number of nitrogens with zero attached hydrogens (tertiary/aromatic N) is 2. The zero-order valence-electron chi connectivity index (χ0n) is 16.8. The highest BCUT2D eigenvalue weighted by Crippen LogP contribution is 2.35. The van der Waals surface area contributed by atoms with Gasteiger partial charge in [0.1, 0.15) is 11.6 Å². The van der Waals surface area contributed by atoms with Crippen LogP contribution in [-0.2, 0) is 10.0 Å². The summed E-state index contributed by atoms with van der Waals surface area (Å²) in [5.74, 6) is -0.170. The smallest absolute Gasteiger partial charge is 0.268 e. The van der Waals surface area contributed by atoms with Crippen LogP contribution in [0.15, 0.2) is 47.5 Å². The number of fused-ring (bicyclic) bond motifs is 1. The van der Waals surface area contributed by atoms with Crippen LogP contribution < -0.4 is 15.0 Å². The van der Waals surface area contributed by atoms with E-state index in [2.05, 4.69) is 5.32 Å². The number of hydrogen-bond acceptors (Lipinski definition) is 5. The van der Waals surface area contributed by atoms with Crippen molar-refractivity contribution in [2.45, 2.75) is 18.2 Å². The van der Waals surface area contributed by atoms with Crippen molar-refractivity contribution in [3.8, 4) is 5.75 Å². The molecule has 166 valence electrons. The number of piperazine rings is 1. The summed E-state index contributed by atoms with van der Waals surface area (Å²) in [5.41, 5.74) is 0.0147. The zero-order valence-corrected chi connectivity index (χ0v) is 17.6. The van der Waals surface area contributed by atoms with E-state index in [0.29, 0.717) is 31.1 Å². The Bertz CT molecular complexity index is 1210. The van der Waals surface area contributed by atoms with Crippen LogP contribution in [0.4, 0.5) is 18.9 Å². The summed E-state index contributed by atoms with van der Waals surface area (Å²) in [4.78, 5) is 1.92. The Labute approximate surface area is 178 Å². The van der Waals surface area contributed by atoms with Crippen LogP contribution in [0.1, 0.15) is 18.9 Å². The number of halogens is 3. The lowest BCUT2D eigenvalue weighted by Gasteiger charge is -2.31. The van der Waals surface area contributed by atoms with E-state index in [4.69, 9.17) is 4.74 Å². The molecule has 6 nitrogen and oxygen atoms in total. The summed E-state index contributed by atoms with van der Waals surface area (Å²) < 4.78 is 74.1. The molecule has 1 saturated heterocycles. The first-order valence-corrected chi connectivity index (χ1v) is 11.3. The topological polar surface area (TPSA) is 63.6 Å². The first-order chi connectivity index (χ1) is 14.8. The van der Waals surface area contributed by atoms with E-state index in [-0.39, 0.29) is 15.8 Å². The van der Waals surface area contributed by atoms with Crippen molar-refractivity contribution in [3.63, 3.8) is 0 Å². The Morgan fingerprint density at radius 1 is 1.13 bits per heavy atom. The average molecular weight is 453 g/mol. The second kappa shape index (κ2) is 8.43. The number of ether oxygens (including phenoxy) is 1. The lowest BCUT2D eigenvalue weighted by molar-refractivity contribution is 0.153. The number of nitrogens with one attached hydrogen (secondary N) is 1. The van der Waals surface area contributed by atoms with Gasteiger partial charge in [0.25, 0.3) is 16.4 Å². The molecule has 0 amide bonds. The van der Waals surface area contributed by atoms with Crippen LogP contribution in [-0.4, -0.2) is 45.2 Å². The Morgan fingerprint density at radius 3 is 2.55 bits per heavy atom. The lowest BCUT2D eigenvalue weighted by Crippen LogP contribution is -2.43. The van der Waals surface area contributed by atoms with Crippen LogP contribution in [0.5, 0.6) is 5.75 Å². The van der Waals surface area contributed by atoms with Crippen molar-refractivity contribution in [2.75, 3.05) is 37.7 Å². The quantitative estimate of drug-likeness (QED) is 0.616. The first-order valence-electron chi connectivity index (χ1n) is 9.89. The van der Waals surface area contributed by atoms with E-state index in [9.17, 15) is 21.6 Å². The second-order valence-corrected chi connectivity index (χ2v) is 8.96. The highest BCUT2D eigenvalue weighted by Gasteiger charge is 2.26. The van der Waals surface area contributed by atoms with E-state index >= 15 is 0 Å². The summed E-state index contributed by atoms with van der Waals surface area (Å²) in [7, 11) is -4.27. The molecule has 0 saturated carbocycles. The van der Waals surface area contributed by atoms with Gasteiger partial charge in [-0.3, -0.25) is 0 Å². The maximum atomic E-state index is 13.8. The minimum atomic E-state index is -4.27. The Morgan fingerprint density at radius 2 is 1.87 bits per heavy atom. The molecule has 3 aromatic rings. The molecule has 0 unspecified atom stereocenters. The van der Waals surface area contributed by atoms with Crippen LogP contribution in [0.2, 0.25) is 0 Å². The average Bonchev–Trinajstić information content (AvgIpc) is 3.14. The molecular weight excluding hydrogens is 431 g/mol. The summed E-state index contributed by atoms with van der Waals surface area (Å²) in [5, 5.41) is 3.23. The molecule has 31 heavy (non-hydrogen) atoms. The standard InChI is InChI=1S/C21H22F3N3O3S/c1-2-30-20-6-4-15(12-19(20)26-9-7-25-8-10-26)31(28,29)27-13-17(21(23)24)16-5-3-14(22)11-18(16)27/h3-6,11-13,21,25H,2,7-10H2,1H3. The van der Waals surface area contributed by atoms with Gasteiger partial charge in [-0.1, -0.05) is 0 Å². The highest BCUT2D eigenvalue weighted by atomic mass is 32.2. The molecule has 1 aromatic heterocycles. The fourth-order valence-electron chi connectivity index (χ4n) is 3.77. The molecule has 0 bridgehead atoms. The second-order valence-electron chi connectivity index (χ2n) is 7.15. The lowest BCUT2D eigenvalue weighted by atomic mass is 10.2. The molecule has 4 rings (SSSR count). The molecule has 1 aliphatic heterocycles. The number of alkyl halides is 2. The maximum absolute atomic E-state index is 13.8. The van der Waals surface area contributed by atoms with E-state index < -0.39 is 27.8 Å². The predicted octanol–water partition coefficient (Wildman–Crippen LogP) is 3.76. The van der Waals surface area contributed by atoms with E-state index in [1.165, 1.54) is 18.2 Å². The number of hydrogen-bond donors (Lipinski definition) is 1. The van der Waals surface area contributed by atoms with Crippen molar-refractivity contribution in [3.05, 3.63) is 54.0 Å². The van der Waals surface area contributed by atoms with Gasteiger partial charge in [-0.05, 0) is 43.3 Å². The molecule has 0 aliphatic carbocycles. The van der Waals surface area contributed by atoms with Crippen molar-refractivity contribution >= 4 is 26.6 Å². The number of rotatable bonds is 6. The third kappa shape index (κ3) is 3.97. The fraction of sp³-hybridized carbons (Fsp3) is 0.333. The van der Waals surface area contributed by atoms with Crippen LogP contribution in [0, 0.1) is 5.82 Å². The molecule has 2 aromatic carbocycles. The third-order valence-corrected chi connectivity index (χ3v) is 6.91. The van der Waals surface area contributed by atoms with Crippen LogP contribution >= 0.6 is 0 Å². The van der Waals surface area contributed by atoms with Crippen molar-refractivity contribution < 1.29 is 26.3 Å². The Hall–Kier alpha value is -2.72.